The third-order valence-electron chi connectivity index (χ3n) is 4.85. The van der Waals surface area contributed by atoms with E-state index in [0.717, 1.165) is 32.2 Å². The van der Waals surface area contributed by atoms with Gasteiger partial charge in [0.15, 0.2) is 0 Å². The second-order valence-corrected chi connectivity index (χ2v) is 5.90. The molecule has 1 N–H and O–H groups in total. The molecule has 0 aromatic rings. The number of hydrogen-bond donors (Lipinski definition) is 1. The van der Waals surface area contributed by atoms with E-state index in [4.69, 9.17) is 0 Å². The van der Waals surface area contributed by atoms with Crippen LogP contribution in [0.4, 0.5) is 0 Å². The Kier molecular flexibility index (Phi) is 4.66. The van der Waals surface area contributed by atoms with Crippen molar-refractivity contribution in [3.8, 4) is 0 Å². The number of amides is 1. The van der Waals surface area contributed by atoms with Gasteiger partial charge >= 0.3 is 0 Å². The second-order valence-electron chi connectivity index (χ2n) is 5.90. The fourth-order valence-electron chi connectivity index (χ4n) is 3.75. The van der Waals surface area contributed by atoms with Gasteiger partial charge < -0.3 is 10.2 Å². The molecule has 0 saturated carbocycles. The summed E-state index contributed by atoms with van der Waals surface area (Å²) in [5.41, 5.74) is 0. The van der Waals surface area contributed by atoms with E-state index in [1.165, 1.54) is 12.8 Å². The van der Waals surface area contributed by atoms with Crippen LogP contribution in [-0.4, -0.2) is 35.5 Å². The van der Waals surface area contributed by atoms with Gasteiger partial charge in [-0.15, -0.1) is 0 Å². The van der Waals surface area contributed by atoms with Crippen LogP contribution in [0.1, 0.15) is 59.3 Å². The van der Waals surface area contributed by atoms with Gasteiger partial charge in [-0.05, 0) is 45.4 Å². The van der Waals surface area contributed by atoms with Crippen LogP contribution in [0.3, 0.4) is 0 Å². The van der Waals surface area contributed by atoms with Crippen molar-refractivity contribution in [3.63, 3.8) is 0 Å². The first kappa shape index (κ1) is 13.9. The average molecular weight is 252 g/mol. The molecule has 2 fully saturated rings. The minimum absolute atomic E-state index is 0.234. The highest BCUT2D eigenvalue weighted by molar-refractivity contribution is 5.79. The summed E-state index contributed by atoms with van der Waals surface area (Å²) in [6, 6.07) is 1.82. The van der Waals surface area contributed by atoms with E-state index < -0.39 is 0 Å². The maximum absolute atomic E-state index is 12.6. The van der Waals surface area contributed by atoms with Crippen molar-refractivity contribution in [2.45, 2.75) is 77.4 Å². The number of fused-ring (bicyclic) bond motifs is 2. The molecule has 0 radical (unpaired) electrons. The zero-order valence-electron chi connectivity index (χ0n) is 12.1. The van der Waals surface area contributed by atoms with E-state index in [2.05, 4.69) is 31.0 Å². The summed E-state index contributed by atoms with van der Waals surface area (Å²) in [5, 5.41) is 3.66. The lowest BCUT2D eigenvalue weighted by molar-refractivity contribution is -0.138. The van der Waals surface area contributed by atoms with Crippen LogP contribution >= 0.6 is 0 Å². The summed E-state index contributed by atoms with van der Waals surface area (Å²) in [5.74, 6) is 0.631. The first-order valence-corrected chi connectivity index (χ1v) is 7.76. The van der Waals surface area contributed by atoms with Gasteiger partial charge in [0.2, 0.25) is 5.91 Å². The molecule has 0 aromatic carbocycles. The van der Waals surface area contributed by atoms with E-state index >= 15 is 0 Å². The minimum Gasteiger partial charge on any atom is -0.340 e. The SMILES string of the molecule is CCC(CC)C(=O)N(CC)C1CC2CCC(C1)N2. The molecule has 1 amide bonds. The Morgan fingerprint density at radius 2 is 1.72 bits per heavy atom. The summed E-state index contributed by atoms with van der Waals surface area (Å²) in [6.45, 7) is 7.27. The fraction of sp³-hybridized carbons (Fsp3) is 0.933. The molecule has 2 heterocycles. The van der Waals surface area contributed by atoms with E-state index in [-0.39, 0.29) is 5.92 Å². The van der Waals surface area contributed by atoms with Crippen molar-refractivity contribution in [1.29, 1.82) is 0 Å². The Morgan fingerprint density at radius 3 is 2.17 bits per heavy atom. The highest BCUT2D eigenvalue weighted by Crippen LogP contribution is 2.30. The van der Waals surface area contributed by atoms with E-state index in [0.29, 0.717) is 24.0 Å². The Bertz CT molecular complexity index is 276. The van der Waals surface area contributed by atoms with Crippen LogP contribution < -0.4 is 5.32 Å². The quantitative estimate of drug-likeness (QED) is 0.815. The lowest BCUT2D eigenvalue weighted by Crippen LogP contribution is -2.51. The first-order valence-electron chi connectivity index (χ1n) is 7.76. The van der Waals surface area contributed by atoms with Gasteiger partial charge in [-0.3, -0.25) is 4.79 Å². The van der Waals surface area contributed by atoms with Crippen molar-refractivity contribution < 1.29 is 4.79 Å². The molecule has 3 heteroatoms. The maximum Gasteiger partial charge on any atom is 0.225 e. The van der Waals surface area contributed by atoms with Crippen LogP contribution in [-0.2, 0) is 4.79 Å². The molecule has 2 atom stereocenters. The number of nitrogens with zero attached hydrogens (tertiary/aromatic N) is 1. The predicted octanol–water partition coefficient (Wildman–Crippen LogP) is 2.55. The first-order chi connectivity index (χ1) is 8.69. The number of rotatable bonds is 5. The Hall–Kier alpha value is -0.570. The molecule has 3 nitrogen and oxygen atoms in total. The fourth-order valence-corrected chi connectivity index (χ4v) is 3.75. The number of piperidine rings is 1. The molecule has 2 rings (SSSR count). The molecule has 0 aliphatic carbocycles. The van der Waals surface area contributed by atoms with Crippen LogP contribution in [0.15, 0.2) is 0 Å². The predicted molar refractivity (Wildman–Crippen MR) is 74.4 cm³/mol. The molecule has 2 aliphatic rings. The zero-order chi connectivity index (χ0) is 13.1. The minimum atomic E-state index is 0.234. The summed E-state index contributed by atoms with van der Waals surface area (Å²) in [6.07, 6.45) is 6.88. The van der Waals surface area contributed by atoms with Gasteiger partial charge in [0, 0.05) is 30.6 Å². The Balaban J connectivity index is 2.01. The van der Waals surface area contributed by atoms with Crippen LogP contribution in [0.25, 0.3) is 0 Å². The highest BCUT2D eigenvalue weighted by Gasteiger charge is 2.37. The molecular weight excluding hydrogens is 224 g/mol. The third-order valence-corrected chi connectivity index (χ3v) is 4.85. The summed E-state index contributed by atoms with van der Waals surface area (Å²) in [7, 11) is 0. The number of hydrogen-bond acceptors (Lipinski definition) is 2. The third kappa shape index (κ3) is 2.71. The summed E-state index contributed by atoms with van der Waals surface area (Å²) in [4.78, 5) is 14.7. The van der Waals surface area contributed by atoms with E-state index in [9.17, 15) is 4.79 Å². The van der Waals surface area contributed by atoms with Gasteiger partial charge in [0.1, 0.15) is 0 Å². The molecular formula is C15H28N2O. The molecule has 2 bridgehead atoms. The standard InChI is InChI=1S/C15H28N2O/c1-4-11(5-2)15(18)17(6-3)14-9-12-7-8-13(10-14)16-12/h11-14,16H,4-10H2,1-3H3. The average Bonchev–Trinajstić information content (AvgIpc) is 2.71. The molecule has 2 aliphatic heterocycles. The van der Waals surface area contributed by atoms with E-state index in [1.807, 2.05) is 0 Å². The number of carbonyl (C=O) groups excluding carboxylic acids is 1. The van der Waals surface area contributed by atoms with Gasteiger partial charge in [-0.25, -0.2) is 0 Å². The Labute approximate surface area is 111 Å². The summed E-state index contributed by atoms with van der Waals surface area (Å²) >= 11 is 0. The van der Waals surface area contributed by atoms with Crippen LogP contribution in [0, 0.1) is 5.92 Å². The molecule has 2 saturated heterocycles. The van der Waals surface area contributed by atoms with E-state index in [1.54, 1.807) is 0 Å². The van der Waals surface area contributed by atoms with Gasteiger partial charge in [0.25, 0.3) is 0 Å². The van der Waals surface area contributed by atoms with Crippen LogP contribution in [0.2, 0.25) is 0 Å². The lowest BCUT2D eigenvalue weighted by atomic mass is 9.95. The highest BCUT2D eigenvalue weighted by atomic mass is 16.2. The smallest absolute Gasteiger partial charge is 0.225 e. The van der Waals surface area contributed by atoms with Gasteiger partial charge in [0.05, 0.1) is 0 Å². The van der Waals surface area contributed by atoms with Crippen molar-refractivity contribution >= 4 is 5.91 Å². The monoisotopic (exact) mass is 252 g/mol. The van der Waals surface area contributed by atoms with Crippen LogP contribution in [0.5, 0.6) is 0 Å². The normalized spacial score (nSPS) is 30.8. The second kappa shape index (κ2) is 6.05. The van der Waals surface area contributed by atoms with Crippen molar-refractivity contribution in [2.75, 3.05) is 6.54 Å². The van der Waals surface area contributed by atoms with Gasteiger partial charge in [-0.1, -0.05) is 13.8 Å². The van der Waals surface area contributed by atoms with Gasteiger partial charge in [-0.2, -0.15) is 0 Å². The molecule has 104 valence electrons. The molecule has 18 heavy (non-hydrogen) atoms. The summed E-state index contributed by atoms with van der Waals surface area (Å²) < 4.78 is 0. The zero-order valence-corrected chi connectivity index (χ0v) is 12.1. The van der Waals surface area contributed by atoms with Crippen molar-refractivity contribution in [1.82, 2.24) is 10.2 Å². The molecule has 0 aromatic heterocycles. The molecule has 0 spiro atoms. The van der Waals surface area contributed by atoms with Crippen molar-refractivity contribution in [2.24, 2.45) is 5.92 Å². The maximum atomic E-state index is 12.6. The van der Waals surface area contributed by atoms with Crippen molar-refractivity contribution in [3.05, 3.63) is 0 Å². The Morgan fingerprint density at radius 1 is 1.17 bits per heavy atom. The number of nitrogens with one attached hydrogen (secondary N) is 1. The number of carbonyl (C=O) groups is 1. The molecule has 2 unspecified atom stereocenters. The topological polar surface area (TPSA) is 32.3 Å². The largest absolute Gasteiger partial charge is 0.340 e. The lowest BCUT2D eigenvalue weighted by Gasteiger charge is -2.38.